The molecular weight excluding hydrogens is 470 g/mol. The van der Waals surface area contributed by atoms with Gasteiger partial charge in [0, 0.05) is 19.2 Å². The number of carbonyl (C=O) groups excluding carboxylic acids is 2. The molecule has 1 aliphatic heterocycles. The second-order valence-corrected chi connectivity index (χ2v) is 8.73. The lowest BCUT2D eigenvalue weighted by atomic mass is 9.95. The number of likely N-dealkylation sites (tertiary alicyclic amines) is 1. The van der Waals surface area contributed by atoms with E-state index in [0.717, 1.165) is 11.1 Å². The van der Waals surface area contributed by atoms with Crippen LogP contribution in [0.2, 0.25) is 0 Å². The molecule has 1 fully saturated rings. The molecule has 1 N–H and O–H groups in total. The molecule has 7 nitrogen and oxygen atoms in total. The van der Waals surface area contributed by atoms with Gasteiger partial charge in [0.2, 0.25) is 0 Å². The van der Waals surface area contributed by atoms with E-state index >= 15 is 0 Å². The number of aliphatic hydroxyl groups excluding tert-OH is 1. The molecule has 1 atom stereocenters. The van der Waals surface area contributed by atoms with Crippen molar-refractivity contribution in [3.63, 3.8) is 0 Å². The van der Waals surface area contributed by atoms with Crippen LogP contribution >= 0.6 is 0 Å². The van der Waals surface area contributed by atoms with Crippen molar-refractivity contribution >= 4 is 17.4 Å². The molecule has 7 heteroatoms. The number of rotatable bonds is 10. The highest BCUT2D eigenvalue weighted by Crippen LogP contribution is 2.39. The molecule has 192 valence electrons. The Morgan fingerprint density at radius 3 is 2.22 bits per heavy atom. The van der Waals surface area contributed by atoms with Gasteiger partial charge in [-0.1, -0.05) is 36.4 Å². The molecule has 1 unspecified atom stereocenters. The molecule has 0 bridgehead atoms. The van der Waals surface area contributed by atoms with E-state index in [-0.39, 0.29) is 24.5 Å². The van der Waals surface area contributed by atoms with Crippen LogP contribution in [0.1, 0.15) is 35.2 Å². The van der Waals surface area contributed by atoms with Gasteiger partial charge in [-0.15, -0.1) is 0 Å². The SMILES string of the molecule is CCOc1ccc(C2/C(=C(\O)c3ccc(OCc4ccccc4C)cc3)C(=O)C(=O)N2CCOC)cc1. The molecule has 3 aromatic rings. The first kappa shape index (κ1) is 26.0. The first-order valence-corrected chi connectivity index (χ1v) is 12.2. The summed E-state index contributed by atoms with van der Waals surface area (Å²) in [6.45, 7) is 5.33. The minimum atomic E-state index is -0.747. The molecule has 1 amide bonds. The topological polar surface area (TPSA) is 85.3 Å². The fourth-order valence-corrected chi connectivity index (χ4v) is 4.36. The van der Waals surface area contributed by atoms with Gasteiger partial charge in [0.1, 0.15) is 23.9 Å². The average molecular weight is 502 g/mol. The van der Waals surface area contributed by atoms with Crippen molar-refractivity contribution in [2.45, 2.75) is 26.5 Å². The summed E-state index contributed by atoms with van der Waals surface area (Å²) in [5, 5.41) is 11.2. The maximum absolute atomic E-state index is 13.1. The third-order valence-electron chi connectivity index (χ3n) is 6.37. The number of aryl methyl sites for hydroxylation is 1. The van der Waals surface area contributed by atoms with E-state index in [0.29, 0.717) is 35.8 Å². The maximum atomic E-state index is 13.1. The molecule has 0 aliphatic carbocycles. The summed E-state index contributed by atoms with van der Waals surface area (Å²) < 4.78 is 16.6. The van der Waals surface area contributed by atoms with Crippen molar-refractivity contribution in [1.29, 1.82) is 0 Å². The number of carbonyl (C=O) groups is 2. The van der Waals surface area contributed by atoms with Crippen molar-refractivity contribution < 1.29 is 28.9 Å². The summed E-state index contributed by atoms with van der Waals surface area (Å²) in [6.07, 6.45) is 0. The van der Waals surface area contributed by atoms with Gasteiger partial charge in [-0.05, 0) is 66.9 Å². The van der Waals surface area contributed by atoms with Gasteiger partial charge in [0.15, 0.2) is 0 Å². The lowest BCUT2D eigenvalue weighted by molar-refractivity contribution is -0.140. The number of hydrogen-bond acceptors (Lipinski definition) is 6. The van der Waals surface area contributed by atoms with Crippen LogP contribution in [0.4, 0.5) is 0 Å². The third-order valence-corrected chi connectivity index (χ3v) is 6.37. The van der Waals surface area contributed by atoms with Crippen LogP contribution < -0.4 is 9.47 Å². The number of aliphatic hydroxyl groups is 1. The zero-order valence-electron chi connectivity index (χ0n) is 21.3. The Labute approximate surface area is 216 Å². The molecule has 0 spiro atoms. The van der Waals surface area contributed by atoms with E-state index in [1.165, 1.54) is 12.0 Å². The van der Waals surface area contributed by atoms with Gasteiger partial charge >= 0.3 is 0 Å². The maximum Gasteiger partial charge on any atom is 0.295 e. The lowest BCUT2D eigenvalue weighted by Crippen LogP contribution is -2.32. The summed E-state index contributed by atoms with van der Waals surface area (Å²) in [4.78, 5) is 27.5. The van der Waals surface area contributed by atoms with Crippen LogP contribution in [-0.2, 0) is 20.9 Å². The number of nitrogens with zero attached hydrogens (tertiary/aromatic N) is 1. The van der Waals surface area contributed by atoms with E-state index in [1.54, 1.807) is 48.5 Å². The van der Waals surface area contributed by atoms with E-state index in [9.17, 15) is 14.7 Å². The molecule has 0 aromatic heterocycles. The molecule has 0 saturated carbocycles. The van der Waals surface area contributed by atoms with E-state index in [4.69, 9.17) is 14.2 Å². The largest absolute Gasteiger partial charge is 0.507 e. The minimum Gasteiger partial charge on any atom is -0.507 e. The average Bonchev–Trinajstić information content (AvgIpc) is 3.17. The number of methoxy groups -OCH3 is 1. The van der Waals surface area contributed by atoms with E-state index < -0.39 is 17.7 Å². The van der Waals surface area contributed by atoms with Gasteiger partial charge in [-0.3, -0.25) is 9.59 Å². The summed E-state index contributed by atoms with van der Waals surface area (Å²) in [5.74, 6) is -0.324. The summed E-state index contributed by atoms with van der Waals surface area (Å²) in [7, 11) is 1.53. The zero-order valence-corrected chi connectivity index (χ0v) is 21.3. The van der Waals surface area contributed by atoms with Gasteiger partial charge in [0.05, 0.1) is 24.8 Å². The second kappa shape index (κ2) is 11.8. The van der Waals surface area contributed by atoms with Crippen molar-refractivity contribution in [2.24, 2.45) is 0 Å². The highest BCUT2D eigenvalue weighted by atomic mass is 16.5. The molecule has 1 saturated heterocycles. The van der Waals surface area contributed by atoms with Crippen LogP contribution in [-0.4, -0.2) is 48.6 Å². The summed E-state index contributed by atoms with van der Waals surface area (Å²) >= 11 is 0. The van der Waals surface area contributed by atoms with Crippen LogP contribution in [0, 0.1) is 6.92 Å². The Bertz CT molecular complexity index is 1280. The Morgan fingerprint density at radius 2 is 1.57 bits per heavy atom. The smallest absolute Gasteiger partial charge is 0.295 e. The fourth-order valence-electron chi connectivity index (χ4n) is 4.36. The quantitative estimate of drug-likeness (QED) is 0.238. The minimum absolute atomic E-state index is 0.0406. The van der Waals surface area contributed by atoms with E-state index in [2.05, 4.69) is 0 Å². The predicted octanol–water partition coefficient (Wildman–Crippen LogP) is 5.04. The van der Waals surface area contributed by atoms with E-state index in [1.807, 2.05) is 38.1 Å². The molecule has 1 aliphatic rings. The number of benzene rings is 3. The van der Waals surface area contributed by atoms with Crippen molar-refractivity contribution in [3.8, 4) is 11.5 Å². The fraction of sp³-hybridized carbons (Fsp3) is 0.267. The van der Waals surface area contributed by atoms with Gasteiger partial charge < -0.3 is 24.2 Å². The number of amides is 1. The van der Waals surface area contributed by atoms with Crippen LogP contribution in [0.5, 0.6) is 11.5 Å². The number of ketones is 1. The van der Waals surface area contributed by atoms with Gasteiger partial charge in [-0.25, -0.2) is 0 Å². The molecular formula is C30H31NO6. The summed E-state index contributed by atoms with van der Waals surface area (Å²) in [5.41, 5.74) is 3.38. The monoisotopic (exact) mass is 501 g/mol. The van der Waals surface area contributed by atoms with Crippen molar-refractivity contribution in [1.82, 2.24) is 4.90 Å². The molecule has 3 aromatic carbocycles. The Kier molecular flexibility index (Phi) is 8.25. The van der Waals surface area contributed by atoms with Crippen LogP contribution in [0.25, 0.3) is 5.76 Å². The molecule has 1 heterocycles. The Hall–Kier alpha value is -4.10. The molecule has 37 heavy (non-hydrogen) atoms. The zero-order chi connectivity index (χ0) is 26.4. The predicted molar refractivity (Wildman–Crippen MR) is 140 cm³/mol. The number of Topliss-reactive ketones (excluding diaryl/α,β-unsaturated/α-hetero) is 1. The lowest BCUT2D eigenvalue weighted by Gasteiger charge is -2.25. The highest BCUT2D eigenvalue weighted by molar-refractivity contribution is 6.46. The standard InChI is InChI=1S/C30H31NO6/c1-4-36-24-13-9-21(10-14-24)27-26(29(33)30(34)31(27)17-18-35-3)28(32)22-11-15-25(16-12-22)37-19-23-8-6-5-7-20(23)2/h5-16,27,32H,4,17-19H2,1-3H3/b28-26+. The number of ether oxygens (including phenoxy) is 3. The van der Waals surface area contributed by atoms with Crippen molar-refractivity contribution in [2.75, 3.05) is 26.9 Å². The number of hydrogen-bond donors (Lipinski definition) is 1. The first-order chi connectivity index (χ1) is 17.9. The summed E-state index contributed by atoms with van der Waals surface area (Å²) in [6, 6.07) is 21.3. The third kappa shape index (κ3) is 5.67. The molecule has 0 radical (unpaired) electrons. The second-order valence-electron chi connectivity index (χ2n) is 8.73. The Morgan fingerprint density at radius 1 is 0.919 bits per heavy atom. The normalized spacial score (nSPS) is 16.7. The Balaban J connectivity index is 1.64. The van der Waals surface area contributed by atoms with Crippen molar-refractivity contribution in [3.05, 3.63) is 101 Å². The van der Waals surface area contributed by atoms with Crippen LogP contribution in [0.15, 0.2) is 78.4 Å². The highest BCUT2D eigenvalue weighted by Gasteiger charge is 2.45. The van der Waals surface area contributed by atoms with Crippen LogP contribution in [0.3, 0.4) is 0 Å². The van der Waals surface area contributed by atoms with Gasteiger partial charge in [0.25, 0.3) is 11.7 Å². The first-order valence-electron chi connectivity index (χ1n) is 12.2. The van der Waals surface area contributed by atoms with Gasteiger partial charge in [-0.2, -0.15) is 0 Å². The molecule has 4 rings (SSSR count).